The van der Waals surface area contributed by atoms with E-state index in [0.29, 0.717) is 11.1 Å². The third kappa shape index (κ3) is 2.08. The molecule has 5 nitrogen and oxygen atoms in total. The summed E-state index contributed by atoms with van der Waals surface area (Å²) in [4.78, 5) is 21.3. The van der Waals surface area contributed by atoms with E-state index in [9.17, 15) is 14.7 Å². The smallest absolute Gasteiger partial charge is 0.250 e. The Morgan fingerprint density at radius 3 is 2.00 bits per heavy atom. The molecular weight excluding hydrogens is 184 g/mol. The number of rotatable bonds is 3. The zero-order valence-electron chi connectivity index (χ0n) is 7.31. The number of hydrogen-bond donors (Lipinski definition) is 3. The van der Waals surface area contributed by atoms with Crippen molar-refractivity contribution in [1.29, 1.82) is 0 Å². The number of aliphatic hydroxyl groups excluding tert-OH is 1. The first kappa shape index (κ1) is 10.2. The number of amides is 2. The summed E-state index contributed by atoms with van der Waals surface area (Å²) in [7, 11) is 0. The van der Waals surface area contributed by atoms with Crippen molar-refractivity contribution in [2.45, 2.75) is 6.10 Å². The molecule has 5 heteroatoms. The van der Waals surface area contributed by atoms with Crippen molar-refractivity contribution in [2.75, 3.05) is 0 Å². The van der Waals surface area contributed by atoms with Gasteiger partial charge in [0, 0.05) is 5.56 Å². The molecule has 14 heavy (non-hydrogen) atoms. The van der Waals surface area contributed by atoms with E-state index in [4.69, 9.17) is 11.5 Å². The zero-order valence-corrected chi connectivity index (χ0v) is 7.31. The fraction of sp³-hybridized carbons (Fsp3) is 0.111. The Bertz CT molecular complexity index is 359. The second kappa shape index (κ2) is 3.89. The van der Waals surface area contributed by atoms with Crippen LogP contribution in [0.4, 0.5) is 0 Å². The van der Waals surface area contributed by atoms with Gasteiger partial charge < -0.3 is 16.6 Å². The van der Waals surface area contributed by atoms with Gasteiger partial charge in [-0.15, -0.1) is 0 Å². The van der Waals surface area contributed by atoms with Crippen molar-refractivity contribution in [3.05, 3.63) is 35.4 Å². The predicted octanol–water partition coefficient (Wildman–Crippen LogP) is -0.696. The molecule has 2 amide bonds. The number of carbonyl (C=O) groups excluding carboxylic acids is 2. The van der Waals surface area contributed by atoms with Crippen LogP contribution in [0.3, 0.4) is 0 Å². The molecule has 1 aromatic rings. The van der Waals surface area contributed by atoms with Crippen LogP contribution in [0.2, 0.25) is 0 Å². The fourth-order valence-electron chi connectivity index (χ4n) is 0.994. The maximum atomic E-state index is 10.7. The first-order valence-electron chi connectivity index (χ1n) is 3.89. The van der Waals surface area contributed by atoms with Gasteiger partial charge in [0.25, 0.3) is 5.91 Å². The topological polar surface area (TPSA) is 106 Å². The average Bonchev–Trinajstić information content (AvgIpc) is 2.16. The molecular formula is C9H10N2O3. The van der Waals surface area contributed by atoms with E-state index in [2.05, 4.69) is 0 Å². The van der Waals surface area contributed by atoms with Crippen molar-refractivity contribution in [3.8, 4) is 0 Å². The number of primary amides is 2. The summed E-state index contributed by atoms with van der Waals surface area (Å²) >= 11 is 0. The summed E-state index contributed by atoms with van der Waals surface area (Å²) in [5, 5.41) is 9.24. The largest absolute Gasteiger partial charge is 0.378 e. The Labute approximate surface area is 80.3 Å². The minimum atomic E-state index is -1.35. The van der Waals surface area contributed by atoms with Gasteiger partial charge in [-0.05, 0) is 17.7 Å². The quantitative estimate of drug-likeness (QED) is 0.592. The second-order valence-corrected chi connectivity index (χ2v) is 2.79. The van der Waals surface area contributed by atoms with Crippen LogP contribution in [0.1, 0.15) is 22.0 Å². The summed E-state index contributed by atoms with van der Waals surface area (Å²) in [6.07, 6.45) is -1.35. The van der Waals surface area contributed by atoms with Gasteiger partial charge in [-0.25, -0.2) is 0 Å². The molecule has 1 atom stereocenters. The molecule has 1 unspecified atom stereocenters. The fourth-order valence-corrected chi connectivity index (χ4v) is 0.994. The molecule has 0 aliphatic rings. The summed E-state index contributed by atoms with van der Waals surface area (Å²) in [6, 6.07) is 5.69. The number of carbonyl (C=O) groups is 2. The Balaban J connectivity index is 2.94. The Morgan fingerprint density at radius 1 is 1.14 bits per heavy atom. The van der Waals surface area contributed by atoms with Crippen LogP contribution in [-0.4, -0.2) is 16.9 Å². The van der Waals surface area contributed by atoms with E-state index in [1.165, 1.54) is 24.3 Å². The minimum Gasteiger partial charge on any atom is -0.378 e. The minimum absolute atomic E-state index is 0.311. The molecule has 0 bridgehead atoms. The Kier molecular flexibility index (Phi) is 2.83. The van der Waals surface area contributed by atoms with E-state index in [-0.39, 0.29) is 0 Å². The Morgan fingerprint density at radius 2 is 1.64 bits per heavy atom. The van der Waals surface area contributed by atoms with Crippen LogP contribution in [0.5, 0.6) is 0 Å². The van der Waals surface area contributed by atoms with Crippen LogP contribution in [0.25, 0.3) is 0 Å². The summed E-state index contributed by atoms with van der Waals surface area (Å²) in [5.74, 6) is -1.40. The summed E-state index contributed by atoms with van der Waals surface area (Å²) in [6.45, 7) is 0. The normalized spacial score (nSPS) is 12.1. The van der Waals surface area contributed by atoms with Crippen LogP contribution in [-0.2, 0) is 4.79 Å². The maximum Gasteiger partial charge on any atom is 0.250 e. The van der Waals surface area contributed by atoms with Gasteiger partial charge in [0.1, 0.15) is 0 Å². The van der Waals surface area contributed by atoms with E-state index >= 15 is 0 Å². The molecule has 1 aromatic carbocycles. The molecule has 0 heterocycles. The monoisotopic (exact) mass is 194 g/mol. The molecule has 0 saturated heterocycles. The van der Waals surface area contributed by atoms with Crippen molar-refractivity contribution in [2.24, 2.45) is 11.5 Å². The van der Waals surface area contributed by atoms with Gasteiger partial charge in [-0.1, -0.05) is 12.1 Å². The molecule has 0 aromatic heterocycles. The number of aliphatic hydroxyl groups is 1. The predicted molar refractivity (Wildman–Crippen MR) is 49.1 cm³/mol. The molecule has 5 N–H and O–H groups in total. The van der Waals surface area contributed by atoms with E-state index in [0.717, 1.165) is 0 Å². The van der Waals surface area contributed by atoms with Crippen LogP contribution in [0.15, 0.2) is 24.3 Å². The highest BCUT2D eigenvalue weighted by Crippen LogP contribution is 2.12. The van der Waals surface area contributed by atoms with Gasteiger partial charge in [-0.3, -0.25) is 9.59 Å². The van der Waals surface area contributed by atoms with Gasteiger partial charge >= 0.3 is 0 Å². The van der Waals surface area contributed by atoms with Crippen molar-refractivity contribution >= 4 is 11.8 Å². The lowest BCUT2D eigenvalue weighted by molar-refractivity contribution is -0.126. The van der Waals surface area contributed by atoms with Gasteiger partial charge in [0.2, 0.25) is 5.91 Å². The maximum absolute atomic E-state index is 10.7. The molecule has 0 spiro atoms. The molecule has 1 rings (SSSR count). The summed E-state index contributed by atoms with van der Waals surface area (Å²) in [5.41, 5.74) is 10.5. The molecule has 74 valence electrons. The number of hydrogen-bond acceptors (Lipinski definition) is 3. The van der Waals surface area contributed by atoms with Crippen LogP contribution < -0.4 is 11.5 Å². The van der Waals surface area contributed by atoms with Crippen molar-refractivity contribution < 1.29 is 14.7 Å². The highest BCUT2D eigenvalue weighted by molar-refractivity contribution is 5.92. The van der Waals surface area contributed by atoms with Crippen LogP contribution >= 0.6 is 0 Å². The SMILES string of the molecule is NC(=O)c1ccc(C(O)C(N)=O)cc1. The van der Waals surface area contributed by atoms with E-state index < -0.39 is 17.9 Å². The first-order valence-corrected chi connectivity index (χ1v) is 3.89. The molecule has 0 aliphatic heterocycles. The molecule has 0 fully saturated rings. The van der Waals surface area contributed by atoms with Gasteiger partial charge in [0.05, 0.1) is 0 Å². The van der Waals surface area contributed by atoms with Crippen LogP contribution in [0, 0.1) is 0 Å². The average molecular weight is 194 g/mol. The highest BCUT2D eigenvalue weighted by Gasteiger charge is 2.13. The second-order valence-electron chi connectivity index (χ2n) is 2.79. The third-order valence-corrected chi connectivity index (χ3v) is 1.78. The summed E-state index contributed by atoms with van der Waals surface area (Å²) < 4.78 is 0. The first-order chi connectivity index (χ1) is 6.52. The van der Waals surface area contributed by atoms with E-state index in [1.54, 1.807) is 0 Å². The van der Waals surface area contributed by atoms with Crippen molar-refractivity contribution in [3.63, 3.8) is 0 Å². The molecule has 0 radical (unpaired) electrons. The zero-order chi connectivity index (χ0) is 10.7. The number of nitrogens with two attached hydrogens (primary N) is 2. The van der Waals surface area contributed by atoms with Gasteiger partial charge in [-0.2, -0.15) is 0 Å². The van der Waals surface area contributed by atoms with Gasteiger partial charge in [0.15, 0.2) is 6.10 Å². The number of benzene rings is 1. The Hall–Kier alpha value is -1.88. The molecule has 0 aliphatic carbocycles. The lowest BCUT2D eigenvalue weighted by Gasteiger charge is -2.06. The lowest BCUT2D eigenvalue weighted by atomic mass is 10.1. The lowest BCUT2D eigenvalue weighted by Crippen LogP contribution is -2.21. The van der Waals surface area contributed by atoms with Crippen molar-refractivity contribution in [1.82, 2.24) is 0 Å². The highest BCUT2D eigenvalue weighted by atomic mass is 16.3. The molecule has 0 saturated carbocycles. The van der Waals surface area contributed by atoms with E-state index in [1.807, 2.05) is 0 Å². The standard InChI is InChI=1S/C9H10N2O3/c10-8(13)6-3-1-5(2-4-6)7(12)9(11)14/h1-4,7,12H,(H2,10,13)(H2,11,14). The third-order valence-electron chi connectivity index (χ3n) is 1.78.